The Morgan fingerprint density at radius 2 is 1.61 bits per heavy atom. The van der Waals surface area contributed by atoms with Gasteiger partial charge in [-0.15, -0.1) is 0 Å². The van der Waals surface area contributed by atoms with Crippen LogP contribution in [0.5, 0.6) is 0 Å². The van der Waals surface area contributed by atoms with Crippen LogP contribution in [0.15, 0.2) is 72.9 Å². The highest BCUT2D eigenvalue weighted by molar-refractivity contribution is 5.99. The number of fused-ring (bicyclic) bond motifs is 3. The van der Waals surface area contributed by atoms with E-state index in [0.717, 1.165) is 22.3 Å². The van der Waals surface area contributed by atoms with E-state index in [-0.39, 0.29) is 12.5 Å². The van der Waals surface area contributed by atoms with Gasteiger partial charge in [0.25, 0.3) is 5.91 Å². The lowest BCUT2D eigenvalue weighted by molar-refractivity contribution is -0.139. The van der Waals surface area contributed by atoms with Crippen molar-refractivity contribution in [1.82, 2.24) is 10.3 Å². The third-order valence-electron chi connectivity index (χ3n) is 5.64. The number of pyridine rings is 1. The Morgan fingerprint density at radius 3 is 2.18 bits per heavy atom. The van der Waals surface area contributed by atoms with Crippen molar-refractivity contribution in [3.05, 3.63) is 84.1 Å². The summed E-state index contributed by atoms with van der Waals surface area (Å²) in [5.74, 6) is -1.63. The molecule has 1 atom stereocenters. The van der Waals surface area contributed by atoms with E-state index in [1.807, 2.05) is 48.5 Å². The summed E-state index contributed by atoms with van der Waals surface area (Å²) in [6, 6.07) is 19.6. The van der Waals surface area contributed by atoms with Crippen molar-refractivity contribution in [2.75, 3.05) is 18.6 Å². The average Bonchev–Trinajstić information content (AvgIpc) is 3.15. The van der Waals surface area contributed by atoms with Crippen LogP contribution < -0.4 is 10.2 Å². The second-order valence-electron chi connectivity index (χ2n) is 7.71. The van der Waals surface area contributed by atoms with Crippen molar-refractivity contribution in [1.29, 1.82) is 0 Å². The van der Waals surface area contributed by atoms with E-state index in [1.165, 1.54) is 18.1 Å². The minimum absolute atomic E-state index is 0.0594. The normalized spacial score (nSPS) is 12.9. The van der Waals surface area contributed by atoms with Gasteiger partial charge in [-0.2, -0.15) is 0 Å². The summed E-state index contributed by atoms with van der Waals surface area (Å²) in [7, 11) is 1.47. The highest BCUT2D eigenvalue weighted by atomic mass is 16.5. The van der Waals surface area contributed by atoms with Crippen LogP contribution in [-0.4, -0.2) is 47.8 Å². The van der Waals surface area contributed by atoms with Gasteiger partial charge >= 0.3 is 12.1 Å². The highest BCUT2D eigenvalue weighted by Crippen LogP contribution is 2.44. The van der Waals surface area contributed by atoms with Crippen molar-refractivity contribution < 1.29 is 24.2 Å². The summed E-state index contributed by atoms with van der Waals surface area (Å²) in [5, 5.41) is 11.7. The Balaban J connectivity index is 1.45. The first-order valence-electron chi connectivity index (χ1n) is 10.5. The molecule has 168 valence electrons. The summed E-state index contributed by atoms with van der Waals surface area (Å²) < 4.78 is 5.46. The molecule has 2 N–H and O–H groups in total. The Bertz CT molecular complexity index is 1140. The quantitative estimate of drug-likeness (QED) is 0.577. The van der Waals surface area contributed by atoms with E-state index < -0.39 is 30.4 Å². The zero-order chi connectivity index (χ0) is 23.4. The third kappa shape index (κ3) is 4.69. The molecule has 0 saturated heterocycles. The standard InChI is InChI=1S/C25H23N3O5/c1-28(22-12-6-7-13-26-22)24(31)21(14-23(29)30)27-25(32)33-15-20-18-10-4-2-8-16(18)17-9-3-5-11-19(17)20/h2-13,20-21H,14-15H2,1H3,(H,27,32)(H,29,30). The number of amides is 2. The summed E-state index contributed by atoms with van der Waals surface area (Å²) >= 11 is 0. The Hall–Kier alpha value is -4.20. The van der Waals surface area contributed by atoms with Crippen LogP contribution in [-0.2, 0) is 14.3 Å². The number of ether oxygens (including phenoxy) is 1. The molecule has 1 heterocycles. The number of likely N-dealkylation sites (N-methyl/N-ethyl adjacent to an activating group) is 1. The number of hydrogen-bond acceptors (Lipinski definition) is 5. The second-order valence-corrected chi connectivity index (χ2v) is 7.71. The lowest BCUT2D eigenvalue weighted by Crippen LogP contribution is -2.49. The minimum atomic E-state index is -1.30. The maximum absolute atomic E-state index is 12.9. The summed E-state index contributed by atoms with van der Waals surface area (Å²) in [4.78, 5) is 42.0. The van der Waals surface area contributed by atoms with Gasteiger partial charge in [-0.05, 0) is 34.4 Å². The number of carbonyl (C=O) groups is 3. The number of nitrogens with one attached hydrogen (secondary N) is 1. The topological polar surface area (TPSA) is 109 Å². The number of anilines is 1. The van der Waals surface area contributed by atoms with Gasteiger partial charge in [0.1, 0.15) is 18.5 Å². The number of benzene rings is 2. The molecule has 2 aromatic carbocycles. The molecule has 4 rings (SSSR count). The minimum Gasteiger partial charge on any atom is -0.481 e. The molecule has 8 heteroatoms. The monoisotopic (exact) mass is 445 g/mol. The third-order valence-corrected chi connectivity index (χ3v) is 5.64. The predicted octanol–water partition coefficient (Wildman–Crippen LogP) is 3.43. The number of carboxylic acid groups (broad SMARTS) is 1. The maximum Gasteiger partial charge on any atom is 0.407 e. The van der Waals surface area contributed by atoms with E-state index in [2.05, 4.69) is 10.3 Å². The first kappa shape index (κ1) is 22.0. The summed E-state index contributed by atoms with van der Waals surface area (Å²) in [5.41, 5.74) is 4.30. The fourth-order valence-corrected chi connectivity index (χ4v) is 4.06. The fourth-order valence-electron chi connectivity index (χ4n) is 4.06. The van der Waals surface area contributed by atoms with Gasteiger partial charge in [-0.1, -0.05) is 54.6 Å². The van der Waals surface area contributed by atoms with Crippen LogP contribution in [0, 0.1) is 0 Å². The van der Waals surface area contributed by atoms with Gasteiger partial charge in [0, 0.05) is 19.2 Å². The van der Waals surface area contributed by atoms with E-state index in [4.69, 9.17) is 4.74 Å². The predicted molar refractivity (Wildman–Crippen MR) is 122 cm³/mol. The number of alkyl carbamates (subject to hydrolysis) is 1. The Kier molecular flexibility index (Phi) is 6.35. The molecular weight excluding hydrogens is 422 g/mol. The molecule has 33 heavy (non-hydrogen) atoms. The van der Waals surface area contributed by atoms with Gasteiger partial charge < -0.3 is 15.2 Å². The smallest absolute Gasteiger partial charge is 0.407 e. The second kappa shape index (κ2) is 9.52. The molecular formula is C25H23N3O5. The van der Waals surface area contributed by atoms with Crippen LogP contribution in [0.4, 0.5) is 10.6 Å². The first-order valence-corrected chi connectivity index (χ1v) is 10.5. The number of carboxylic acids is 1. The fraction of sp³-hybridized carbons (Fsp3) is 0.200. The van der Waals surface area contributed by atoms with Crippen molar-refractivity contribution in [3.63, 3.8) is 0 Å². The van der Waals surface area contributed by atoms with E-state index in [0.29, 0.717) is 5.82 Å². The van der Waals surface area contributed by atoms with Crippen LogP contribution in [0.1, 0.15) is 23.5 Å². The molecule has 0 spiro atoms. The first-order chi connectivity index (χ1) is 16.0. The van der Waals surface area contributed by atoms with Gasteiger partial charge in [0.05, 0.1) is 6.42 Å². The van der Waals surface area contributed by atoms with Gasteiger partial charge in [0.2, 0.25) is 0 Å². The van der Waals surface area contributed by atoms with Gasteiger partial charge in [-0.25, -0.2) is 9.78 Å². The number of aliphatic carboxylic acids is 1. The molecule has 0 fully saturated rings. The summed E-state index contributed by atoms with van der Waals surface area (Å²) in [6.07, 6.45) is 0.0793. The van der Waals surface area contributed by atoms with Crippen molar-refractivity contribution in [2.45, 2.75) is 18.4 Å². The molecule has 0 bridgehead atoms. The van der Waals surface area contributed by atoms with Crippen LogP contribution in [0.3, 0.4) is 0 Å². The van der Waals surface area contributed by atoms with E-state index >= 15 is 0 Å². The molecule has 0 radical (unpaired) electrons. The van der Waals surface area contributed by atoms with Gasteiger partial charge in [0.15, 0.2) is 0 Å². The molecule has 2 amide bonds. The molecule has 0 saturated carbocycles. The van der Waals surface area contributed by atoms with E-state index in [9.17, 15) is 19.5 Å². The Morgan fingerprint density at radius 1 is 1.00 bits per heavy atom. The Labute approximate surface area is 190 Å². The lowest BCUT2D eigenvalue weighted by Gasteiger charge is -2.23. The van der Waals surface area contributed by atoms with Crippen LogP contribution in [0.2, 0.25) is 0 Å². The summed E-state index contributed by atoms with van der Waals surface area (Å²) in [6.45, 7) is 0.0594. The van der Waals surface area contributed by atoms with Crippen LogP contribution >= 0.6 is 0 Å². The SMILES string of the molecule is CN(C(=O)C(CC(=O)O)NC(=O)OCC1c2ccccc2-c2ccccc21)c1ccccn1. The lowest BCUT2D eigenvalue weighted by atomic mass is 9.98. The largest absolute Gasteiger partial charge is 0.481 e. The molecule has 0 aliphatic heterocycles. The number of hydrogen-bond donors (Lipinski definition) is 2. The molecule has 8 nitrogen and oxygen atoms in total. The maximum atomic E-state index is 12.9. The van der Waals surface area contributed by atoms with Crippen molar-refractivity contribution >= 4 is 23.8 Å². The van der Waals surface area contributed by atoms with E-state index in [1.54, 1.807) is 18.2 Å². The van der Waals surface area contributed by atoms with Gasteiger partial charge in [-0.3, -0.25) is 14.5 Å². The average molecular weight is 445 g/mol. The molecule has 1 aliphatic rings. The van der Waals surface area contributed by atoms with Crippen molar-refractivity contribution in [3.8, 4) is 11.1 Å². The number of aromatic nitrogens is 1. The van der Waals surface area contributed by atoms with Crippen molar-refractivity contribution in [2.24, 2.45) is 0 Å². The van der Waals surface area contributed by atoms with Crippen LogP contribution in [0.25, 0.3) is 11.1 Å². The number of carbonyl (C=O) groups excluding carboxylic acids is 2. The zero-order valence-corrected chi connectivity index (χ0v) is 18.0. The zero-order valence-electron chi connectivity index (χ0n) is 18.0. The number of rotatable bonds is 7. The molecule has 1 unspecified atom stereocenters. The number of nitrogens with zero attached hydrogens (tertiary/aromatic N) is 2. The highest BCUT2D eigenvalue weighted by Gasteiger charge is 2.31. The molecule has 1 aliphatic carbocycles. The molecule has 3 aromatic rings. The molecule has 1 aromatic heterocycles.